The number of carbonyl (C=O) groups excluding carboxylic acids is 2. The van der Waals surface area contributed by atoms with Crippen molar-refractivity contribution in [3.8, 4) is 0 Å². The van der Waals surface area contributed by atoms with Gasteiger partial charge in [-0.25, -0.2) is 4.90 Å². The predicted octanol–water partition coefficient (Wildman–Crippen LogP) is 3.48. The molecular formula is C24H26N2O3. The van der Waals surface area contributed by atoms with Crippen LogP contribution in [0.5, 0.6) is 0 Å². The first-order valence-corrected chi connectivity index (χ1v) is 10.1. The lowest BCUT2D eigenvalue weighted by molar-refractivity contribution is -0.121. The highest BCUT2D eigenvalue weighted by Crippen LogP contribution is 2.36. The molecule has 29 heavy (non-hydrogen) atoms. The Balaban J connectivity index is 1.83. The summed E-state index contributed by atoms with van der Waals surface area (Å²) in [5.41, 5.74) is 5.71. The Morgan fingerprint density at radius 1 is 0.931 bits per heavy atom. The van der Waals surface area contributed by atoms with Crippen LogP contribution >= 0.6 is 0 Å². The Labute approximate surface area is 171 Å². The SMILES string of the molecule is CCc1ccc(N2C(=O)C(c3ccc(C)cc3C)=C(N3CCOCC3)C2=O)cc1. The summed E-state index contributed by atoms with van der Waals surface area (Å²) in [6, 6.07) is 13.7. The number of hydrogen-bond donors (Lipinski definition) is 0. The van der Waals surface area contributed by atoms with E-state index < -0.39 is 0 Å². The van der Waals surface area contributed by atoms with Crippen LogP contribution in [0.1, 0.15) is 29.2 Å². The summed E-state index contributed by atoms with van der Waals surface area (Å²) in [6.45, 7) is 8.40. The van der Waals surface area contributed by atoms with Gasteiger partial charge in [-0.3, -0.25) is 9.59 Å². The van der Waals surface area contributed by atoms with Crippen LogP contribution in [0.25, 0.3) is 5.57 Å². The molecule has 0 spiro atoms. The van der Waals surface area contributed by atoms with Crippen LogP contribution in [-0.4, -0.2) is 43.0 Å². The second-order valence-corrected chi connectivity index (χ2v) is 7.61. The zero-order valence-corrected chi connectivity index (χ0v) is 17.2. The molecule has 0 bridgehead atoms. The van der Waals surface area contributed by atoms with Crippen molar-refractivity contribution in [3.05, 3.63) is 70.4 Å². The van der Waals surface area contributed by atoms with Crippen molar-refractivity contribution in [2.45, 2.75) is 27.2 Å². The van der Waals surface area contributed by atoms with Gasteiger partial charge in [0.05, 0.1) is 24.5 Å². The topological polar surface area (TPSA) is 49.9 Å². The lowest BCUT2D eigenvalue weighted by atomic mass is 9.97. The zero-order chi connectivity index (χ0) is 20.5. The number of hydrogen-bond acceptors (Lipinski definition) is 4. The smallest absolute Gasteiger partial charge is 0.282 e. The molecule has 0 radical (unpaired) electrons. The van der Waals surface area contributed by atoms with Crippen molar-refractivity contribution < 1.29 is 14.3 Å². The van der Waals surface area contributed by atoms with E-state index in [-0.39, 0.29) is 11.8 Å². The molecule has 2 aliphatic heterocycles. The van der Waals surface area contributed by atoms with Gasteiger partial charge in [0.2, 0.25) is 0 Å². The van der Waals surface area contributed by atoms with E-state index in [2.05, 4.69) is 13.0 Å². The van der Waals surface area contributed by atoms with Gasteiger partial charge in [-0.2, -0.15) is 0 Å². The largest absolute Gasteiger partial charge is 0.378 e. The fraction of sp³-hybridized carbons (Fsp3) is 0.333. The van der Waals surface area contributed by atoms with Crippen molar-refractivity contribution in [1.82, 2.24) is 4.90 Å². The molecule has 0 saturated carbocycles. The van der Waals surface area contributed by atoms with E-state index in [9.17, 15) is 9.59 Å². The summed E-state index contributed by atoms with van der Waals surface area (Å²) in [6.07, 6.45) is 0.910. The average Bonchev–Trinajstić information content (AvgIpc) is 2.99. The van der Waals surface area contributed by atoms with Gasteiger partial charge < -0.3 is 9.64 Å². The molecule has 0 aliphatic carbocycles. The highest BCUT2D eigenvalue weighted by atomic mass is 16.5. The van der Waals surface area contributed by atoms with E-state index in [0.717, 1.165) is 23.1 Å². The molecule has 150 valence electrons. The van der Waals surface area contributed by atoms with Crippen LogP contribution in [0.15, 0.2) is 48.2 Å². The maximum absolute atomic E-state index is 13.6. The van der Waals surface area contributed by atoms with Crippen LogP contribution in [-0.2, 0) is 20.7 Å². The van der Waals surface area contributed by atoms with Crippen molar-refractivity contribution in [1.29, 1.82) is 0 Å². The number of ether oxygens (including phenoxy) is 1. The Kier molecular flexibility index (Phi) is 5.24. The molecule has 1 fully saturated rings. The molecule has 2 heterocycles. The van der Waals surface area contributed by atoms with Crippen LogP contribution in [0.4, 0.5) is 5.69 Å². The van der Waals surface area contributed by atoms with E-state index in [1.807, 2.05) is 55.1 Å². The Bertz CT molecular complexity index is 986. The minimum Gasteiger partial charge on any atom is -0.378 e. The third kappa shape index (κ3) is 3.47. The second kappa shape index (κ2) is 7.84. The summed E-state index contributed by atoms with van der Waals surface area (Å²) < 4.78 is 5.46. The first kappa shape index (κ1) is 19.4. The highest BCUT2D eigenvalue weighted by molar-refractivity contribution is 6.45. The van der Waals surface area contributed by atoms with Gasteiger partial charge in [0.25, 0.3) is 11.8 Å². The average molecular weight is 390 g/mol. The Morgan fingerprint density at radius 2 is 1.62 bits per heavy atom. The third-order valence-corrected chi connectivity index (χ3v) is 5.64. The van der Waals surface area contributed by atoms with Gasteiger partial charge >= 0.3 is 0 Å². The van der Waals surface area contributed by atoms with Gasteiger partial charge in [0, 0.05) is 13.1 Å². The maximum atomic E-state index is 13.6. The van der Waals surface area contributed by atoms with Crippen LogP contribution in [0, 0.1) is 13.8 Å². The van der Waals surface area contributed by atoms with Gasteiger partial charge in [-0.1, -0.05) is 42.8 Å². The van der Waals surface area contributed by atoms with E-state index in [0.29, 0.717) is 43.3 Å². The van der Waals surface area contributed by atoms with E-state index in [4.69, 9.17) is 4.74 Å². The van der Waals surface area contributed by atoms with Crippen LogP contribution in [0.3, 0.4) is 0 Å². The minimum atomic E-state index is -0.257. The first-order chi connectivity index (χ1) is 14.0. The van der Waals surface area contributed by atoms with Crippen molar-refractivity contribution in [2.75, 3.05) is 31.2 Å². The summed E-state index contributed by atoms with van der Waals surface area (Å²) in [5, 5.41) is 0. The van der Waals surface area contributed by atoms with Gasteiger partial charge in [0.1, 0.15) is 5.70 Å². The normalized spacial score (nSPS) is 17.5. The number of nitrogens with zero attached hydrogens (tertiary/aromatic N) is 2. The molecule has 2 aliphatic rings. The second-order valence-electron chi connectivity index (χ2n) is 7.61. The number of imide groups is 1. The molecule has 0 N–H and O–H groups in total. The summed E-state index contributed by atoms with van der Waals surface area (Å²) in [5.74, 6) is -0.510. The molecule has 0 aromatic heterocycles. The fourth-order valence-electron chi connectivity index (χ4n) is 4.05. The molecule has 0 unspecified atom stereocenters. The monoisotopic (exact) mass is 390 g/mol. The first-order valence-electron chi connectivity index (χ1n) is 10.1. The van der Waals surface area contributed by atoms with E-state index in [1.54, 1.807) is 0 Å². The fourth-order valence-corrected chi connectivity index (χ4v) is 4.05. The summed E-state index contributed by atoms with van der Waals surface area (Å²) in [4.78, 5) is 30.4. The molecular weight excluding hydrogens is 364 g/mol. The zero-order valence-electron chi connectivity index (χ0n) is 17.2. The lowest BCUT2D eigenvalue weighted by Crippen LogP contribution is -2.40. The minimum absolute atomic E-state index is 0.254. The number of rotatable bonds is 4. The van der Waals surface area contributed by atoms with Crippen LogP contribution < -0.4 is 4.90 Å². The number of morpholine rings is 1. The molecule has 1 saturated heterocycles. The number of benzene rings is 2. The number of amides is 2. The quantitative estimate of drug-likeness (QED) is 0.750. The highest BCUT2D eigenvalue weighted by Gasteiger charge is 2.43. The van der Waals surface area contributed by atoms with Gasteiger partial charge in [-0.15, -0.1) is 0 Å². The molecule has 5 heteroatoms. The van der Waals surface area contributed by atoms with E-state index in [1.165, 1.54) is 10.5 Å². The third-order valence-electron chi connectivity index (χ3n) is 5.64. The molecule has 4 rings (SSSR count). The number of carbonyl (C=O) groups is 2. The van der Waals surface area contributed by atoms with Crippen molar-refractivity contribution in [3.63, 3.8) is 0 Å². The molecule has 0 atom stereocenters. The van der Waals surface area contributed by atoms with Crippen LogP contribution in [0.2, 0.25) is 0 Å². The van der Waals surface area contributed by atoms with Gasteiger partial charge in [-0.05, 0) is 49.1 Å². The Hall–Kier alpha value is -2.92. The van der Waals surface area contributed by atoms with Crippen molar-refractivity contribution in [2.24, 2.45) is 0 Å². The molecule has 2 aromatic carbocycles. The Morgan fingerprint density at radius 3 is 2.24 bits per heavy atom. The molecule has 2 aromatic rings. The predicted molar refractivity (Wildman–Crippen MR) is 114 cm³/mol. The van der Waals surface area contributed by atoms with Gasteiger partial charge in [0.15, 0.2) is 0 Å². The lowest BCUT2D eigenvalue weighted by Gasteiger charge is -2.29. The summed E-state index contributed by atoms with van der Waals surface area (Å²) in [7, 11) is 0. The molecule has 5 nitrogen and oxygen atoms in total. The molecule has 2 amide bonds. The van der Waals surface area contributed by atoms with Crippen molar-refractivity contribution >= 4 is 23.1 Å². The van der Waals surface area contributed by atoms with E-state index >= 15 is 0 Å². The number of anilines is 1. The number of aryl methyl sites for hydroxylation is 3. The summed E-state index contributed by atoms with van der Waals surface area (Å²) >= 11 is 0. The maximum Gasteiger partial charge on any atom is 0.282 e. The standard InChI is InChI=1S/C24H26N2O3/c1-4-18-6-8-19(9-7-18)26-23(27)21(20-10-5-16(2)15-17(20)3)22(24(26)28)25-11-13-29-14-12-25/h5-10,15H,4,11-14H2,1-3H3.